The molecule has 0 saturated carbocycles. The Kier molecular flexibility index (Phi) is 3.32. The van der Waals surface area contributed by atoms with E-state index in [0.29, 0.717) is 5.75 Å². The Morgan fingerprint density at radius 3 is 1.89 bits per heavy atom. The van der Waals surface area contributed by atoms with E-state index in [1.165, 1.54) is 5.56 Å². The summed E-state index contributed by atoms with van der Waals surface area (Å²) in [5.74, 6) is 0.329. The van der Waals surface area contributed by atoms with Gasteiger partial charge in [0.1, 0.15) is 5.75 Å². The Bertz CT molecular complexity index is 148. The molecular formula is C7H9BrO. The fourth-order valence-corrected chi connectivity index (χ4v) is 0.545. The molecule has 9 heavy (non-hydrogen) atoms. The zero-order valence-corrected chi connectivity index (χ0v) is 6.88. The van der Waals surface area contributed by atoms with Crippen molar-refractivity contribution in [2.45, 2.75) is 6.92 Å². The van der Waals surface area contributed by atoms with Gasteiger partial charge >= 0.3 is 0 Å². The highest BCUT2D eigenvalue weighted by molar-refractivity contribution is 8.93. The standard InChI is InChI=1S/C7H8O.BrH/c1-6-2-4-7(8)5-3-6;/h2-5,8H,1H3;1H. The fraction of sp³-hybridized carbons (Fsp3) is 0.143. The monoisotopic (exact) mass is 188 g/mol. The van der Waals surface area contributed by atoms with Gasteiger partial charge in [0.05, 0.1) is 0 Å². The first-order chi connectivity index (χ1) is 3.79. The van der Waals surface area contributed by atoms with Crippen molar-refractivity contribution in [3.05, 3.63) is 29.8 Å². The molecule has 0 amide bonds. The number of halogens is 1. The lowest BCUT2D eigenvalue weighted by atomic mass is 10.2. The molecule has 0 aromatic heterocycles. The van der Waals surface area contributed by atoms with Crippen molar-refractivity contribution in [3.8, 4) is 5.75 Å². The SMILES string of the molecule is Br.Cc1ccc(O)cc1. The second-order valence-electron chi connectivity index (χ2n) is 1.84. The van der Waals surface area contributed by atoms with Crippen LogP contribution in [0.3, 0.4) is 0 Å². The lowest BCUT2D eigenvalue weighted by Gasteiger charge is -1.89. The van der Waals surface area contributed by atoms with Crippen molar-refractivity contribution in [1.29, 1.82) is 0 Å². The number of benzene rings is 1. The van der Waals surface area contributed by atoms with Gasteiger partial charge in [-0.2, -0.15) is 0 Å². The molecule has 2 heteroatoms. The fourth-order valence-electron chi connectivity index (χ4n) is 0.545. The molecule has 0 saturated heterocycles. The van der Waals surface area contributed by atoms with E-state index >= 15 is 0 Å². The van der Waals surface area contributed by atoms with Crippen LogP contribution in [0.2, 0.25) is 0 Å². The van der Waals surface area contributed by atoms with Gasteiger partial charge in [-0.15, -0.1) is 17.0 Å². The summed E-state index contributed by atoms with van der Waals surface area (Å²) in [5, 5.41) is 8.76. The predicted octanol–water partition coefficient (Wildman–Crippen LogP) is 2.28. The zero-order chi connectivity index (χ0) is 5.98. The molecule has 1 N–H and O–H groups in total. The van der Waals surface area contributed by atoms with E-state index < -0.39 is 0 Å². The highest BCUT2D eigenvalue weighted by Gasteiger charge is 1.82. The van der Waals surface area contributed by atoms with Crippen LogP contribution in [0.4, 0.5) is 0 Å². The van der Waals surface area contributed by atoms with Crippen molar-refractivity contribution in [2.24, 2.45) is 0 Å². The van der Waals surface area contributed by atoms with Crippen LogP contribution in [0.5, 0.6) is 5.75 Å². The third kappa shape index (κ3) is 2.51. The van der Waals surface area contributed by atoms with Gasteiger partial charge in [-0.3, -0.25) is 0 Å². The van der Waals surface area contributed by atoms with Crippen LogP contribution in [0.25, 0.3) is 0 Å². The number of phenols is 1. The molecule has 1 aromatic rings. The number of rotatable bonds is 0. The molecular weight excluding hydrogens is 180 g/mol. The van der Waals surface area contributed by atoms with Gasteiger partial charge in [0.15, 0.2) is 0 Å². The number of aryl methyl sites for hydroxylation is 1. The average Bonchev–Trinajstić information content (AvgIpc) is 1.77. The van der Waals surface area contributed by atoms with Crippen LogP contribution in [0.15, 0.2) is 24.3 Å². The van der Waals surface area contributed by atoms with E-state index in [1.54, 1.807) is 12.1 Å². The van der Waals surface area contributed by atoms with E-state index in [1.807, 2.05) is 19.1 Å². The lowest BCUT2D eigenvalue weighted by Crippen LogP contribution is -1.66. The maximum atomic E-state index is 8.76. The third-order valence-corrected chi connectivity index (χ3v) is 1.03. The maximum Gasteiger partial charge on any atom is 0.115 e. The molecule has 0 bridgehead atoms. The van der Waals surface area contributed by atoms with Gasteiger partial charge in [0, 0.05) is 0 Å². The van der Waals surface area contributed by atoms with Crippen molar-refractivity contribution in [2.75, 3.05) is 0 Å². The Hall–Kier alpha value is -0.500. The van der Waals surface area contributed by atoms with Crippen LogP contribution in [-0.2, 0) is 0 Å². The summed E-state index contributed by atoms with van der Waals surface area (Å²) in [5.41, 5.74) is 1.17. The maximum absolute atomic E-state index is 8.76. The second kappa shape index (κ2) is 3.51. The number of phenolic OH excluding ortho intramolecular Hbond substituents is 1. The Morgan fingerprint density at radius 2 is 1.56 bits per heavy atom. The van der Waals surface area contributed by atoms with Crippen molar-refractivity contribution in [1.82, 2.24) is 0 Å². The topological polar surface area (TPSA) is 20.2 Å². The van der Waals surface area contributed by atoms with Crippen LogP contribution < -0.4 is 0 Å². The first-order valence-corrected chi connectivity index (χ1v) is 2.54. The summed E-state index contributed by atoms with van der Waals surface area (Å²) in [6.45, 7) is 1.99. The van der Waals surface area contributed by atoms with E-state index in [4.69, 9.17) is 5.11 Å². The third-order valence-electron chi connectivity index (χ3n) is 1.03. The predicted molar refractivity (Wildman–Crippen MR) is 43.2 cm³/mol. The number of aromatic hydroxyl groups is 1. The van der Waals surface area contributed by atoms with Crippen LogP contribution in [-0.4, -0.2) is 5.11 Å². The molecule has 0 heterocycles. The molecule has 1 rings (SSSR count). The van der Waals surface area contributed by atoms with Crippen molar-refractivity contribution < 1.29 is 5.11 Å². The van der Waals surface area contributed by atoms with Gasteiger partial charge < -0.3 is 5.11 Å². The summed E-state index contributed by atoms with van der Waals surface area (Å²) in [6.07, 6.45) is 0. The summed E-state index contributed by atoms with van der Waals surface area (Å²) in [4.78, 5) is 0. The molecule has 1 nitrogen and oxygen atoms in total. The minimum Gasteiger partial charge on any atom is -0.508 e. The van der Waals surface area contributed by atoms with Gasteiger partial charge in [-0.25, -0.2) is 0 Å². The molecule has 1 aromatic carbocycles. The highest BCUT2D eigenvalue weighted by atomic mass is 79.9. The molecule has 0 radical (unpaired) electrons. The normalized spacial score (nSPS) is 8.11. The van der Waals surface area contributed by atoms with E-state index in [2.05, 4.69) is 0 Å². The largest absolute Gasteiger partial charge is 0.508 e. The summed E-state index contributed by atoms with van der Waals surface area (Å²) < 4.78 is 0. The number of hydrogen-bond donors (Lipinski definition) is 1. The van der Waals surface area contributed by atoms with Crippen LogP contribution >= 0.6 is 17.0 Å². The summed E-state index contributed by atoms with van der Waals surface area (Å²) >= 11 is 0. The molecule has 0 unspecified atom stereocenters. The van der Waals surface area contributed by atoms with Crippen molar-refractivity contribution in [3.63, 3.8) is 0 Å². The first-order valence-electron chi connectivity index (χ1n) is 2.54. The zero-order valence-electron chi connectivity index (χ0n) is 5.16. The van der Waals surface area contributed by atoms with E-state index in [9.17, 15) is 0 Å². The molecule has 0 atom stereocenters. The Balaban J connectivity index is 0.000000640. The molecule has 0 fully saturated rings. The minimum absolute atomic E-state index is 0. The molecule has 0 spiro atoms. The molecule has 0 aliphatic rings. The smallest absolute Gasteiger partial charge is 0.115 e. The minimum atomic E-state index is 0. The van der Waals surface area contributed by atoms with Crippen LogP contribution in [0, 0.1) is 6.92 Å². The van der Waals surface area contributed by atoms with E-state index in [0.717, 1.165) is 0 Å². The Labute approximate surface area is 65.1 Å². The van der Waals surface area contributed by atoms with Gasteiger partial charge in [0.25, 0.3) is 0 Å². The van der Waals surface area contributed by atoms with Gasteiger partial charge in [0.2, 0.25) is 0 Å². The number of hydrogen-bond acceptors (Lipinski definition) is 1. The highest BCUT2D eigenvalue weighted by Crippen LogP contribution is 2.07. The van der Waals surface area contributed by atoms with Gasteiger partial charge in [-0.1, -0.05) is 17.7 Å². The summed E-state index contributed by atoms with van der Waals surface area (Å²) in [6, 6.07) is 7.09. The molecule has 50 valence electrons. The molecule has 0 aliphatic carbocycles. The quantitative estimate of drug-likeness (QED) is 0.663. The van der Waals surface area contributed by atoms with Crippen molar-refractivity contribution >= 4 is 17.0 Å². The van der Waals surface area contributed by atoms with Gasteiger partial charge in [-0.05, 0) is 19.1 Å². The average molecular weight is 189 g/mol. The molecule has 0 aliphatic heterocycles. The first kappa shape index (κ1) is 8.50. The Morgan fingerprint density at radius 1 is 1.11 bits per heavy atom. The summed E-state index contributed by atoms with van der Waals surface area (Å²) in [7, 11) is 0. The lowest BCUT2D eigenvalue weighted by molar-refractivity contribution is 0.475. The van der Waals surface area contributed by atoms with Crippen LogP contribution in [0.1, 0.15) is 5.56 Å². The van der Waals surface area contributed by atoms with E-state index in [-0.39, 0.29) is 17.0 Å². The second-order valence-corrected chi connectivity index (χ2v) is 1.84.